The lowest BCUT2D eigenvalue weighted by atomic mass is 10.1. The number of aromatic nitrogens is 2. The first kappa shape index (κ1) is 16.3. The van der Waals surface area contributed by atoms with Crippen molar-refractivity contribution in [3.05, 3.63) is 53.6 Å². The molecule has 1 fully saturated rings. The summed E-state index contributed by atoms with van der Waals surface area (Å²) < 4.78 is 2.18. The van der Waals surface area contributed by atoms with Crippen LogP contribution in [0.25, 0.3) is 22.4 Å². The summed E-state index contributed by atoms with van der Waals surface area (Å²) in [7, 11) is 0. The first-order valence-corrected chi connectivity index (χ1v) is 8.63. The standard InChI is InChI=1S/C20H18N2O4/c23-19(24)13-7-5-12(6-8-13)18-21-16-11-14(20(25)26)9-10-17(16)22(18)15-3-1-2-4-15/h5-11,15H,1-4H2,(H,23,24)(H,25,26). The van der Waals surface area contributed by atoms with Crippen molar-refractivity contribution in [2.75, 3.05) is 0 Å². The molecule has 0 spiro atoms. The average molecular weight is 350 g/mol. The summed E-state index contributed by atoms with van der Waals surface area (Å²) in [6.45, 7) is 0. The zero-order valence-corrected chi connectivity index (χ0v) is 14.1. The molecule has 0 radical (unpaired) electrons. The van der Waals surface area contributed by atoms with Crippen LogP contribution in [0.5, 0.6) is 0 Å². The van der Waals surface area contributed by atoms with Crippen LogP contribution in [0.2, 0.25) is 0 Å². The van der Waals surface area contributed by atoms with E-state index < -0.39 is 11.9 Å². The van der Waals surface area contributed by atoms with Gasteiger partial charge in [0, 0.05) is 11.6 Å². The molecule has 2 aromatic carbocycles. The van der Waals surface area contributed by atoms with Crippen LogP contribution in [-0.2, 0) is 0 Å². The Bertz CT molecular complexity index is 999. The van der Waals surface area contributed by atoms with Gasteiger partial charge in [-0.2, -0.15) is 0 Å². The first-order valence-electron chi connectivity index (χ1n) is 8.63. The van der Waals surface area contributed by atoms with Gasteiger partial charge in [0.1, 0.15) is 5.82 Å². The van der Waals surface area contributed by atoms with E-state index in [0.29, 0.717) is 11.6 Å². The van der Waals surface area contributed by atoms with Crippen LogP contribution < -0.4 is 0 Å². The number of fused-ring (bicyclic) bond motifs is 1. The van der Waals surface area contributed by atoms with Crippen LogP contribution >= 0.6 is 0 Å². The van der Waals surface area contributed by atoms with Crippen molar-refractivity contribution in [3.63, 3.8) is 0 Å². The fraction of sp³-hybridized carbons (Fsp3) is 0.250. The highest BCUT2D eigenvalue weighted by molar-refractivity contribution is 5.93. The number of hydrogen-bond acceptors (Lipinski definition) is 3. The van der Waals surface area contributed by atoms with E-state index in [4.69, 9.17) is 10.1 Å². The number of hydrogen-bond donors (Lipinski definition) is 2. The van der Waals surface area contributed by atoms with Gasteiger partial charge in [0.25, 0.3) is 0 Å². The molecule has 1 aliphatic carbocycles. The van der Waals surface area contributed by atoms with Gasteiger partial charge in [-0.15, -0.1) is 0 Å². The molecule has 1 heterocycles. The summed E-state index contributed by atoms with van der Waals surface area (Å²) in [5.41, 5.74) is 2.83. The van der Waals surface area contributed by atoms with Crippen molar-refractivity contribution in [2.24, 2.45) is 0 Å². The second-order valence-electron chi connectivity index (χ2n) is 6.63. The Morgan fingerprint density at radius 2 is 1.54 bits per heavy atom. The minimum absolute atomic E-state index is 0.210. The fourth-order valence-electron chi connectivity index (χ4n) is 3.73. The Morgan fingerprint density at radius 3 is 2.15 bits per heavy atom. The van der Waals surface area contributed by atoms with Gasteiger partial charge < -0.3 is 14.8 Å². The maximum atomic E-state index is 11.3. The Morgan fingerprint density at radius 1 is 0.923 bits per heavy atom. The molecule has 0 saturated heterocycles. The molecule has 0 bridgehead atoms. The molecule has 1 aromatic heterocycles. The maximum Gasteiger partial charge on any atom is 0.335 e. The van der Waals surface area contributed by atoms with Crippen molar-refractivity contribution >= 4 is 23.0 Å². The summed E-state index contributed by atoms with van der Waals surface area (Å²) in [6.07, 6.45) is 4.45. The van der Waals surface area contributed by atoms with Gasteiger partial charge in [0.05, 0.1) is 22.2 Å². The van der Waals surface area contributed by atoms with E-state index in [9.17, 15) is 14.7 Å². The van der Waals surface area contributed by atoms with E-state index in [2.05, 4.69) is 4.57 Å². The zero-order valence-electron chi connectivity index (χ0n) is 14.1. The number of imidazole rings is 1. The topological polar surface area (TPSA) is 92.4 Å². The summed E-state index contributed by atoms with van der Waals surface area (Å²) in [4.78, 5) is 27.1. The predicted molar refractivity (Wildman–Crippen MR) is 96.6 cm³/mol. The number of benzene rings is 2. The van der Waals surface area contributed by atoms with E-state index in [1.165, 1.54) is 0 Å². The van der Waals surface area contributed by atoms with Crippen LogP contribution in [0.3, 0.4) is 0 Å². The van der Waals surface area contributed by atoms with Crippen molar-refractivity contribution < 1.29 is 19.8 Å². The summed E-state index contributed by atoms with van der Waals surface area (Å²) in [6, 6.07) is 12.0. The first-order chi connectivity index (χ1) is 12.5. The van der Waals surface area contributed by atoms with Gasteiger partial charge in [0.2, 0.25) is 0 Å². The van der Waals surface area contributed by atoms with E-state index in [1.54, 1.807) is 36.4 Å². The van der Waals surface area contributed by atoms with Crippen LogP contribution in [0.1, 0.15) is 52.4 Å². The second kappa shape index (κ2) is 6.29. The van der Waals surface area contributed by atoms with Crippen molar-refractivity contribution in [1.82, 2.24) is 9.55 Å². The molecule has 0 atom stereocenters. The van der Waals surface area contributed by atoms with Crippen LogP contribution in [0.4, 0.5) is 0 Å². The third-order valence-electron chi connectivity index (χ3n) is 5.02. The van der Waals surface area contributed by atoms with Crippen molar-refractivity contribution in [3.8, 4) is 11.4 Å². The Labute approximate surface area is 149 Å². The molecule has 1 saturated carbocycles. The lowest BCUT2D eigenvalue weighted by Crippen LogP contribution is -2.07. The highest BCUT2D eigenvalue weighted by Crippen LogP contribution is 2.37. The lowest BCUT2D eigenvalue weighted by molar-refractivity contribution is 0.0686. The summed E-state index contributed by atoms with van der Waals surface area (Å²) in [5.74, 6) is -1.19. The van der Waals surface area contributed by atoms with Gasteiger partial charge in [0.15, 0.2) is 0 Å². The third kappa shape index (κ3) is 2.73. The van der Waals surface area contributed by atoms with E-state index >= 15 is 0 Å². The minimum Gasteiger partial charge on any atom is -0.478 e. The van der Waals surface area contributed by atoms with Crippen LogP contribution in [0, 0.1) is 0 Å². The SMILES string of the molecule is O=C(O)c1ccc(-c2nc3cc(C(=O)O)ccc3n2C2CCCC2)cc1. The Kier molecular flexibility index (Phi) is 3.95. The quantitative estimate of drug-likeness (QED) is 0.735. The molecular formula is C20H18N2O4. The second-order valence-corrected chi connectivity index (χ2v) is 6.63. The number of carboxylic acid groups (broad SMARTS) is 2. The highest BCUT2D eigenvalue weighted by Gasteiger charge is 2.24. The molecular weight excluding hydrogens is 332 g/mol. The van der Waals surface area contributed by atoms with Crippen LogP contribution in [0.15, 0.2) is 42.5 Å². The van der Waals surface area contributed by atoms with Crippen LogP contribution in [-0.4, -0.2) is 31.7 Å². The molecule has 1 aliphatic rings. The number of rotatable bonds is 4. The molecule has 2 N–H and O–H groups in total. The number of nitrogens with zero attached hydrogens (tertiary/aromatic N) is 2. The molecule has 132 valence electrons. The number of carbonyl (C=O) groups is 2. The smallest absolute Gasteiger partial charge is 0.335 e. The average Bonchev–Trinajstić information content (AvgIpc) is 3.28. The van der Waals surface area contributed by atoms with Gasteiger partial charge >= 0.3 is 11.9 Å². The van der Waals surface area contributed by atoms with E-state index in [-0.39, 0.29) is 11.1 Å². The Hall–Kier alpha value is -3.15. The zero-order chi connectivity index (χ0) is 18.3. The molecule has 0 aliphatic heterocycles. The molecule has 3 aromatic rings. The molecule has 4 rings (SSSR count). The highest BCUT2D eigenvalue weighted by atomic mass is 16.4. The van der Waals surface area contributed by atoms with Crippen molar-refractivity contribution in [2.45, 2.75) is 31.7 Å². The normalized spacial score (nSPS) is 14.8. The fourth-order valence-corrected chi connectivity index (χ4v) is 3.73. The van der Waals surface area contributed by atoms with Crippen molar-refractivity contribution in [1.29, 1.82) is 0 Å². The molecule has 6 heteroatoms. The van der Waals surface area contributed by atoms with E-state index in [1.807, 2.05) is 6.07 Å². The number of aromatic carboxylic acids is 2. The monoisotopic (exact) mass is 350 g/mol. The Balaban J connectivity index is 1.90. The molecule has 0 amide bonds. The van der Waals surface area contributed by atoms with Gasteiger partial charge in [-0.3, -0.25) is 0 Å². The minimum atomic E-state index is -0.977. The summed E-state index contributed by atoms with van der Waals surface area (Å²) >= 11 is 0. The third-order valence-corrected chi connectivity index (χ3v) is 5.02. The lowest BCUT2D eigenvalue weighted by Gasteiger charge is -2.16. The summed E-state index contributed by atoms with van der Waals surface area (Å²) in [5, 5.41) is 18.3. The van der Waals surface area contributed by atoms with Gasteiger partial charge in [-0.25, -0.2) is 14.6 Å². The molecule has 6 nitrogen and oxygen atoms in total. The van der Waals surface area contributed by atoms with Gasteiger partial charge in [-0.1, -0.05) is 25.0 Å². The largest absolute Gasteiger partial charge is 0.478 e. The van der Waals surface area contributed by atoms with E-state index in [0.717, 1.165) is 42.6 Å². The maximum absolute atomic E-state index is 11.3. The predicted octanol–water partition coefficient (Wildman–Crippen LogP) is 4.21. The molecule has 26 heavy (non-hydrogen) atoms. The van der Waals surface area contributed by atoms with Gasteiger partial charge in [-0.05, 0) is 43.2 Å². The molecule has 0 unspecified atom stereocenters. The number of carboxylic acids is 2.